The topological polar surface area (TPSA) is 119 Å². The van der Waals surface area contributed by atoms with Gasteiger partial charge in [-0.15, -0.1) is 0 Å². The molecule has 1 unspecified atom stereocenters. The predicted molar refractivity (Wildman–Crippen MR) is 63.1 cm³/mol. The first-order valence-electron chi connectivity index (χ1n) is 5.61. The van der Waals surface area contributed by atoms with Gasteiger partial charge < -0.3 is 15.3 Å². The van der Waals surface area contributed by atoms with Gasteiger partial charge in [0.1, 0.15) is 17.8 Å². The summed E-state index contributed by atoms with van der Waals surface area (Å²) >= 11 is 0. The molecule has 1 aliphatic heterocycles. The number of hydrogen-bond acceptors (Lipinski definition) is 6. The number of nitrogens with zero attached hydrogens (tertiary/aromatic N) is 4. The van der Waals surface area contributed by atoms with Crippen LogP contribution in [0.15, 0.2) is 12.3 Å². The highest BCUT2D eigenvalue weighted by Gasteiger charge is 2.33. The number of aromatic nitrogens is 2. The summed E-state index contributed by atoms with van der Waals surface area (Å²) in [6.07, 6.45) is 1.07. The lowest BCUT2D eigenvalue weighted by molar-refractivity contribution is -0.139. The highest BCUT2D eigenvalue weighted by molar-refractivity contribution is 5.89. The van der Waals surface area contributed by atoms with Crippen LogP contribution in [0.3, 0.4) is 0 Å². The van der Waals surface area contributed by atoms with Gasteiger partial charge >= 0.3 is 5.97 Å². The zero-order chi connectivity index (χ0) is 13.8. The molecule has 0 aliphatic carbocycles. The molecule has 2 heterocycles. The number of carbonyl (C=O) groups is 2. The normalized spacial score (nSPS) is 18.6. The van der Waals surface area contributed by atoms with Crippen LogP contribution in [0.1, 0.15) is 12.1 Å². The van der Waals surface area contributed by atoms with E-state index in [9.17, 15) is 9.59 Å². The number of carbonyl (C=O) groups excluding carboxylic acids is 1. The average molecular weight is 261 g/mol. The van der Waals surface area contributed by atoms with Crippen molar-refractivity contribution in [2.75, 3.05) is 18.0 Å². The quantitative estimate of drug-likeness (QED) is 0.725. The number of nitrogens with one attached hydrogen (secondary N) is 1. The molecule has 0 spiro atoms. The van der Waals surface area contributed by atoms with Gasteiger partial charge in [-0.2, -0.15) is 5.26 Å². The van der Waals surface area contributed by atoms with Gasteiger partial charge in [0.25, 0.3) is 0 Å². The number of piperazine rings is 1. The van der Waals surface area contributed by atoms with E-state index in [1.807, 2.05) is 6.07 Å². The van der Waals surface area contributed by atoms with E-state index in [0.717, 1.165) is 0 Å². The van der Waals surface area contributed by atoms with Crippen molar-refractivity contribution in [1.29, 1.82) is 5.26 Å². The second-order valence-corrected chi connectivity index (χ2v) is 3.95. The lowest BCUT2D eigenvalue weighted by atomic mass is 10.1. The van der Waals surface area contributed by atoms with Gasteiger partial charge in [-0.3, -0.25) is 9.59 Å². The smallest absolute Gasteiger partial charge is 0.305 e. The highest BCUT2D eigenvalue weighted by Crippen LogP contribution is 2.16. The van der Waals surface area contributed by atoms with E-state index in [2.05, 4.69) is 15.3 Å². The fraction of sp³-hybridized carbons (Fsp3) is 0.364. The van der Waals surface area contributed by atoms with Crippen LogP contribution in [0.4, 0.5) is 5.95 Å². The maximum atomic E-state index is 11.7. The molecule has 2 rings (SSSR count). The van der Waals surface area contributed by atoms with Crippen LogP contribution in [-0.2, 0) is 9.59 Å². The molecule has 1 aliphatic rings. The summed E-state index contributed by atoms with van der Waals surface area (Å²) in [5, 5.41) is 20.2. The fourth-order valence-electron chi connectivity index (χ4n) is 1.87. The van der Waals surface area contributed by atoms with Crippen molar-refractivity contribution in [3.05, 3.63) is 18.0 Å². The molecular formula is C11H11N5O3. The lowest BCUT2D eigenvalue weighted by Gasteiger charge is -2.34. The molecule has 0 saturated carbocycles. The average Bonchev–Trinajstić information content (AvgIpc) is 2.40. The Kier molecular flexibility index (Phi) is 3.56. The largest absolute Gasteiger partial charge is 0.481 e. The summed E-state index contributed by atoms with van der Waals surface area (Å²) in [5.74, 6) is -1.26. The molecule has 1 aromatic rings. The molecule has 1 fully saturated rings. The van der Waals surface area contributed by atoms with Crippen LogP contribution in [0.25, 0.3) is 0 Å². The van der Waals surface area contributed by atoms with Gasteiger partial charge in [-0.1, -0.05) is 0 Å². The summed E-state index contributed by atoms with van der Waals surface area (Å²) in [7, 11) is 0. The predicted octanol–water partition coefficient (Wildman–Crippen LogP) is -0.872. The third-order valence-corrected chi connectivity index (χ3v) is 2.71. The van der Waals surface area contributed by atoms with E-state index in [0.29, 0.717) is 13.1 Å². The SMILES string of the molecule is N#Cc1ccnc(N2CCNC(=O)C2CC(=O)O)n1. The van der Waals surface area contributed by atoms with Crippen molar-refractivity contribution in [1.82, 2.24) is 15.3 Å². The van der Waals surface area contributed by atoms with Crippen LogP contribution in [-0.4, -0.2) is 46.1 Å². The Morgan fingerprint density at radius 2 is 2.47 bits per heavy atom. The lowest BCUT2D eigenvalue weighted by Crippen LogP contribution is -2.56. The zero-order valence-corrected chi connectivity index (χ0v) is 9.91. The van der Waals surface area contributed by atoms with Gasteiger partial charge in [0.2, 0.25) is 11.9 Å². The number of carboxylic acid groups (broad SMARTS) is 1. The number of hydrogen-bond donors (Lipinski definition) is 2. The van der Waals surface area contributed by atoms with Crippen molar-refractivity contribution in [3.63, 3.8) is 0 Å². The number of carboxylic acids is 1. The van der Waals surface area contributed by atoms with E-state index in [1.54, 1.807) is 0 Å². The second kappa shape index (κ2) is 5.30. The Hall–Kier alpha value is -2.69. The van der Waals surface area contributed by atoms with Gasteiger partial charge in [-0.25, -0.2) is 9.97 Å². The molecular weight excluding hydrogens is 250 g/mol. The number of anilines is 1. The van der Waals surface area contributed by atoms with Crippen molar-refractivity contribution < 1.29 is 14.7 Å². The Bertz CT molecular complexity index is 554. The fourth-order valence-corrected chi connectivity index (χ4v) is 1.87. The van der Waals surface area contributed by atoms with Gasteiger partial charge in [-0.05, 0) is 6.07 Å². The van der Waals surface area contributed by atoms with Gasteiger partial charge in [0, 0.05) is 19.3 Å². The van der Waals surface area contributed by atoms with Crippen molar-refractivity contribution in [2.45, 2.75) is 12.5 Å². The monoisotopic (exact) mass is 261 g/mol. The van der Waals surface area contributed by atoms with Crippen LogP contribution < -0.4 is 10.2 Å². The highest BCUT2D eigenvalue weighted by atomic mass is 16.4. The molecule has 1 amide bonds. The first kappa shape index (κ1) is 12.8. The van der Waals surface area contributed by atoms with Crippen molar-refractivity contribution in [3.8, 4) is 6.07 Å². The van der Waals surface area contributed by atoms with E-state index >= 15 is 0 Å². The number of aliphatic carboxylic acids is 1. The summed E-state index contributed by atoms with van der Waals surface area (Å²) in [6.45, 7) is 0.785. The van der Waals surface area contributed by atoms with Crippen molar-refractivity contribution in [2.24, 2.45) is 0 Å². The van der Waals surface area contributed by atoms with Crippen LogP contribution in [0.5, 0.6) is 0 Å². The van der Waals surface area contributed by atoms with Gasteiger partial charge in [0.15, 0.2) is 0 Å². The molecule has 0 radical (unpaired) electrons. The second-order valence-electron chi connectivity index (χ2n) is 3.95. The Balaban J connectivity index is 2.31. The first-order chi connectivity index (χ1) is 9.11. The van der Waals surface area contributed by atoms with E-state index < -0.39 is 12.0 Å². The maximum absolute atomic E-state index is 11.7. The van der Waals surface area contributed by atoms with E-state index in [-0.39, 0.29) is 24.0 Å². The molecule has 0 aromatic carbocycles. The minimum absolute atomic E-state index is 0.171. The molecule has 1 aromatic heterocycles. The van der Waals surface area contributed by atoms with E-state index in [4.69, 9.17) is 10.4 Å². The zero-order valence-electron chi connectivity index (χ0n) is 9.91. The number of nitriles is 1. The summed E-state index contributed by atoms with van der Waals surface area (Å²) in [6, 6.07) is 2.46. The Morgan fingerprint density at radius 3 is 3.16 bits per heavy atom. The van der Waals surface area contributed by atoms with Crippen LogP contribution in [0, 0.1) is 11.3 Å². The summed E-state index contributed by atoms with van der Waals surface area (Å²) in [4.78, 5) is 32.0. The third-order valence-electron chi connectivity index (χ3n) is 2.71. The summed E-state index contributed by atoms with van der Waals surface area (Å²) in [5.41, 5.74) is 0.171. The number of rotatable bonds is 3. The first-order valence-corrected chi connectivity index (χ1v) is 5.61. The molecule has 19 heavy (non-hydrogen) atoms. The molecule has 8 nitrogen and oxygen atoms in total. The maximum Gasteiger partial charge on any atom is 0.305 e. The molecule has 1 atom stereocenters. The molecule has 2 N–H and O–H groups in total. The third kappa shape index (κ3) is 2.77. The Labute approximate surface area is 108 Å². The molecule has 8 heteroatoms. The van der Waals surface area contributed by atoms with Gasteiger partial charge in [0.05, 0.1) is 6.42 Å². The summed E-state index contributed by atoms with van der Waals surface area (Å²) < 4.78 is 0. The Morgan fingerprint density at radius 1 is 1.68 bits per heavy atom. The van der Waals surface area contributed by atoms with Crippen LogP contribution >= 0.6 is 0 Å². The molecule has 98 valence electrons. The van der Waals surface area contributed by atoms with Crippen LogP contribution in [0.2, 0.25) is 0 Å². The van der Waals surface area contributed by atoms with E-state index in [1.165, 1.54) is 17.2 Å². The minimum Gasteiger partial charge on any atom is -0.481 e. The molecule has 0 bridgehead atoms. The molecule has 1 saturated heterocycles. The standard InChI is InChI=1S/C11H11N5O3/c12-6-7-1-2-14-11(15-7)16-4-3-13-10(19)8(16)5-9(17)18/h1-2,8H,3-5H2,(H,13,19)(H,17,18). The van der Waals surface area contributed by atoms with Crippen molar-refractivity contribution >= 4 is 17.8 Å². The minimum atomic E-state index is -1.08. The number of amides is 1.